The van der Waals surface area contributed by atoms with Crippen molar-refractivity contribution in [2.75, 3.05) is 13.2 Å². The summed E-state index contributed by atoms with van der Waals surface area (Å²) in [5, 5.41) is 4.04. The van der Waals surface area contributed by atoms with Gasteiger partial charge in [0.25, 0.3) is 5.56 Å². The first-order valence-corrected chi connectivity index (χ1v) is 17.1. The van der Waals surface area contributed by atoms with Crippen LogP contribution in [-0.4, -0.2) is 33.9 Å². The molecular weight excluding hydrogens is 602 g/mol. The van der Waals surface area contributed by atoms with Crippen LogP contribution < -0.4 is 15.6 Å². The number of amides is 1. The number of benzene rings is 3. The number of halogens is 1. The predicted octanol–water partition coefficient (Wildman–Crippen LogP) is 8.87. The third-order valence-corrected chi connectivity index (χ3v) is 10.1. The van der Waals surface area contributed by atoms with Gasteiger partial charge in [-0.25, -0.2) is 4.98 Å². The predicted molar refractivity (Wildman–Crippen MR) is 188 cm³/mol. The fraction of sp³-hybridized carbons (Fsp3) is 0.432. The molecule has 3 aromatic carbocycles. The number of nitrogens with one attached hydrogen (secondary N) is 1. The summed E-state index contributed by atoms with van der Waals surface area (Å²) in [6.07, 6.45) is 3.70. The molecule has 0 aliphatic carbocycles. The SMILES string of the molecule is CCC(C)(C)c1ccc(OCCCCNC(=O)C(C)Sc2nc3ccccc3c(=O)n2-c2cccc(Cl)c2)c(C(C)(C)CC)c1. The molecule has 0 aliphatic heterocycles. The Morgan fingerprint density at radius 2 is 1.71 bits per heavy atom. The van der Waals surface area contributed by atoms with Crippen molar-refractivity contribution in [3.8, 4) is 11.4 Å². The van der Waals surface area contributed by atoms with Gasteiger partial charge >= 0.3 is 0 Å². The number of ether oxygens (including phenoxy) is 1. The van der Waals surface area contributed by atoms with E-state index in [4.69, 9.17) is 21.3 Å². The van der Waals surface area contributed by atoms with E-state index in [1.54, 1.807) is 24.3 Å². The maximum Gasteiger partial charge on any atom is 0.266 e. The van der Waals surface area contributed by atoms with Crippen LogP contribution in [0.3, 0.4) is 0 Å². The van der Waals surface area contributed by atoms with E-state index in [1.165, 1.54) is 27.5 Å². The first-order valence-electron chi connectivity index (χ1n) is 15.9. The molecule has 0 radical (unpaired) electrons. The lowest BCUT2D eigenvalue weighted by molar-refractivity contribution is -0.120. The van der Waals surface area contributed by atoms with Gasteiger partial charge in [0.15, 0.2) is 5.16 Å². The highest BCUT2D eigenvalue weighted by Gasteiger charge is 2.27. The van der Waals surface area contributed by atoms with Crippen LogP contribution in [0.2, 0.25) is 5.02 Å². The van der Waals surface area contributed by atoms with Crippen molar-refractivity contribution in [3.63, 3.8) is 0 Å². The lowest BCUT2D eigenvalue weighted by Crippen LogP contribution is -2.32. The van der Waals surface area contributed by atoms with Crippen molar-refractivity contribution < 1.29 is 9.53 Å². The molecule has 0 spiro atoms. The van der Waals surface area contributed by atoms with Crippen LogP contribution in [0.5, 0.6) is 5.75 Å². The van der Waals surface area contributed by atoms with Gasteiger partial charge in [0, 0.05) is 17.1 Å². The van der Waals surface area contributed by atoms with Gasteiger partial charge < -0.3 is 10.1 Å². The number of rotatable bonds is 14. The van der Waals surface area contributed by atoms with Gasteiger partial charge in [-0.15, -0.1) is 0 Å². The molecule has 0 saturated heterocycles. The minimum atomic E-state index is -0.468. The van der Waals surface area contributed by atoms with Gasteiger partial charge in [0.05, 0.1) is 28.4 Å². The number of fused-ring (bicyclic) bond motifs is 1. The van der Waals surface area contributed by atoms with Crippen LogP contribution in [0.25, 0.3) is 16.6 Å². The van der Waals surface area contributed by atoms with Crippen LogP contribution >= 0.6 is 23.4 Å². The first-order chi connectivity index (χ1) is 21.4. The monoisotopic (exact) mass is 647 g/mol. The fourth-order valence-electron chi connectivity index (χ4n) is 5.01. The van der Waals surface area contributed by atoms with E-state index in [0.29, 0.717) is 39.9 Å². The van der Waals surface area contributed by atoms with Gasteiger partial charge in [-0.1, -0.05) is 95.2 Å². The highest BCUT2D eigenvalue weighted by atomic mass is 35.5. The molecule has 1 unspecified atom stereocenters. The lowest BCUT2D eigenvalue weighted by atomic mass is 9.76. The smallest absolute Gasteiger partial charge is 0.266 e. The van der Waals surface area contributed by atoms with Crippen LogP contribution in [-0.2, 0) is 15.6 Å². The van der Waals surface area contributed by atoms with Crippen molar-refractivity contribution in [3.05, 3.63) is 93.2 Å². The summed E-state index contributed by atoms with van der Waals surface area (Å²) in [7, 11) is 0. The maximum absolute atomic E-state index is 13.5. The van der Waals surface area contributed by atoms with E-state index in [1.807, 2.05) is 31.2 Å². The zero-order chi connectivity index (χ0) is 32.8. The second-order valence-electron chi connectivity index (χ2n) is 12.8. The molecule has 4 rings (SSSR count). The Morgan fingerprint density at radius 3 is 2.42 bits per heavy atom. The Balaban J connectivity index is 1.36. The number of carbonyl (C=O) groups is 1. The normalized spacial score (nSPS) is 12.7. The number of para-hydroxylation sites is 1. The van der Waals surface area contributed by atoms with Crippen LogP contribution in [0, 0.1) is 0 Å². The Labute approximate surface area is 276 Å². The van der Waals surface area contributed by atoms with Gasteiger partial charge in [-0.05, 0) is 85.4 Å². The van der Waals surface area contributed by atoms with E-state index in [9.17, 15) is 9.59 Å². The van der Waals surface area contributed by atoms with Gasteiger partial charge in [-0.2, -0.15) is 0 Å². The summed E-state index contributed by atoms with van der Waals surface area (Å²) in [6.45, 7) is 16.5. The third kappa shape index (κ3) is 8.30. The van der Waals surface area contributed by atoms with Crippen molar-refractivity contribution >= 4 is 40.2 Å². The summed E-state index contributed by atoms with van der Waals surface area (Å²) >= 11 is 7.50. The number of hydrogen-bond acceptors (Lipinski definition) is 5. The third-order valence-electron chi connectivity index (χ3n) is 8.85. The molecular formula is C37H46ClN3O3S. The summed E-state index contributed by atoms with van der Waals surface area (Å²) in [6, 6.07) is 21.0. The van der Waals surface area contributed by atoms with Crippen molar-refractivity contribution in [2.24, 2.45) is 0 Å². The van der Waals surface area contributed by atoms with E-state index in [-0.39, 0.29) is 22.3 Å². The Morgan fingerprint density at radius 1 is 0.978 bits per heavy atom. The summed E-state index contributed by atoms with van der Waals surface area (Å²) in [4.78, 5) is 31.3. The highest BCUT2D eigenvalue weighted by Crippen LogP contribution is 2.38. The number of nitrogens with zero attached hydrogens (tertiary/aromatic N) is 2. The average Bonchev–Trinajstić information content (AvgIpc) is 3.02. The quantitative estimate of drug-likeness (QED) is 0.0841. The van der Waals surface area contributed by atoms with Crippen LogP contribution in [0.15, 0.2) is 76.7 Å². The number of carbonyl (C=O) groups excluding carboxylic acids is 1. The number of unbranched alkanes of at least 4 members (excludes halogenated alkanes) is 1. The van der Waals surface area contributed by atoms with E-state index in [2.05, 4.69) is 65.1 Å². The molecule has 8 heteroatoms. The second kappa shape index (κ2) is 14.9. The topological polar surface area (TPSA) is 73.2 Å². The minimum Gasteiger partial charge on any atom is -0.493 e. The molecule has 1 N–H and O–H groups in total. The molecule has 240 valence electrons. The van der Waals surface area contributed by atoms with E-state index < -0.39 is 5.25 Å². The molecule has 1 atom stereocenters. The van der Waals surface area contributed by atoms with Crippen LogP contribution in [0.4, 0.5) is 0 Å². The highest BCUT2D eigenvalue weighted by molar-refractivity contribution is 8.00. The molecule has 1 aromatic heterocycles. The first kappa shape index (κ1) is 34.6. The molecule has 4 aromatic rings. The molecule has 0 saturated carbocycles. The average molecular weight is 648 g/mol. The Hall–Kier alpha value is -3.29. The molecule has 1 amide bonds. The standard InChI is InChI=1S/C37H46ClN3O3S/c1-8-36(4,5)26-19-20-32(30(23-26)37(6,7)9-2)44-22-13-12-21-39-33(42)25(3)45-35-40-31-18-11-10-17-29(31)34(43)41(35)28-16-14-15-27(38)24-28/h10-11,14-20,23-25H,8-9,12-13,21-22H2,1-7H3,(H,39,42). The van der Waals surface area contributed by atoms with Crippen molar-refractivity contribution in [1.29, 1.82) is 0 Å². The zero-order valence-electron chi connectivity index (χ0n) is 27.6. The van der Waals surface area contributed by atoms with Gasteiger partial charge in [0.1, 0.15) is 5.75 Å². The molecule has 0 bridgehead atoms. The minimum absolute atomic E-state index is 0.00855. The lowest BCUT2D eigenvalue weighted by Gasteiger charge is -2.30. The molecule has 45 heavy (non-hydrogen) atoms. The Bertz CT molecular complexity index is 1700. The second-order valence-corrected chi connectivity index (χ2v) is 14.6. The zero-order valence-corrected chi connectivity index (χ0v) is 29.1. The summed E-state index contributed by atoms with van der Waals surface area (Å²) in [5.74, 6) is 0.835. The number of thioether (sulfide) groups is 1. The van der Waals surface area contributed by atoms with Gasteiger partial charge in [0.2, 0.25) is 5.91 Å². The maximum atomic E-state index is 13.5. The van der Waals surface area contributed by atoms with Gasteiger partial charge in [-0.3, -0.25) is 14.2 Å². The van der Waals surface area contributed by atoms with Crippen molar-refractivity contribution in [2.45, 2.75) is 95.4 Å². The molecule has 6 nitrogen and oxygen atoms in total. The molecule has 1 heterocycles. The number of hydrogen-bond donors (Lipinski definition) is 1. The number of aromatic nitrogens is 2. The van der Waals surface area contributed by atoms with E-state index >= 15 is 0 Å². The van der Waals surface area contributed by atoms with E-state index in [0.717, 1.165) is 31.4 Å². The van der Waals surface area contributed by atoms with Crippen molar-refractivity contribution in [1.82, 2.24) is 14.9 Å². The summed E-state index contributed by atoms with van der Waals surface area (Å²) in [5.41, 5.74) is 3.71. The Kier molecular flexibility index (Phi) is 11.4. The fourth-order valence-corrected chi connectivity index (χ4v) is 6.15. The summed E-state index contributed by atoms with van der Waals surface area (Å²) < 4.78 is 7.83. The molecule has 0 fully saturated rings. The largest absolute Gasteiger partial charge is 0.493 e. The molecule has 0 aliphatic rings. The van der Waals surface area contributed by atoms with Crippen LogP contribution in [0.1, 0.15) is 85.3 Å².